The number of allylic oxidation sites excluding steroid dienone is 1. The molecule has 0 spiro atoms. The summed E-state index contributed by atoms with van der Waals surface area (Å²) in [6.07, 6.45) is 3.52. The first-order valence-corrected chi connectivity index (χ1v) is 4.59. The Labute approximate surface area is 77.7 Å². The molecule has 1 heterocycles. The van der Waals surface area contributed by atoms with Crippen molar-refractivity contribution in [2.75, 3.05) is 6.61 Å². The van der Waals surface area contributed by atoms with E-state index in [1.807, 2.05) is 13.8 Å². The Kier molecular flexibility index (Phi) is 3.42. The van der Waals surface area contributed by atoms with Crippen molar-refractivity contribution in [2.24, 2.45) is 5.92 Å². The van der Waals surface area contributed by atoms with Crippen molar-refractivity contribution >= 4 is 0 Å². The lowest BCUT2D eigenvalue weighted by Crippen LogP contribution is -2.11. The molecule has 1 unspecified atom stereocenters. The third kappa shape index (κ3) is 2.81. The van der Waals surface area contributed by atoms with Crippen molar-refractivity contribution in [1.82, 2.24) is 0 Å². The van der Waals surface area contributed by atoms with E-state index in [1.165, 1.54) is 0 Å². The second kappa shape index (κ2) is 4.37. The molecular formula is C9H15NO3. The highest BCUT2D eigenvalue weighted by Crippen LogP contribution is 2.18. The van der Waals surface area contributed by atoms with Crippen LogP contribution in [0.5, 0.6) is 0 Å². The maximum atomic E-state index is 10.6. The number of rotatable bonds is 3. The fourth-order valence-electron chi connectivity index (χ4n) is 1.39. The molecule has 1 atom stereocenters. The zero-order valence-electron chi connectivity index (χ0n) is 8.03. The molecular weight excluding hydrogens is 170 g/mol. The highest BCUT2D eigenvalue weighted by molar-refractivity contribution is 5.00. The van der Waals surface area contributed by atoms with Gasteiger partial charge in [-0.05, 0) is 12.8 Å². The topological polar surface area (TPSA) is 52.4 Å². The Morgan fingerprint density at radius 3 is 2.77 bits per heavy atom. The molecule has 1 aliphatic heterocycles. The van der Waals surface area contributed by atoms with E-state index >= 15 is 0 Å². The van der Waals surface area contributed by atoms with E-state index in [2.05, 4.69) is 0 Å². The molecule has 1 saturated heterocycles. The van der Waals surface area contributed by atoms with E-state index in [9.17, 15) is 10.1 Å². The van der Waals surface area contributed by atoms with Gasteiger partial charge >= 0.3 is 0 Å². The minimum atomic E-state index is -0.313. The van der Waals surface area contributed by atoms with Crippen LogP contribution < -0.4 is 0 Å². The summed E-state index contributed by atoms with van der Waals surface area (Å²) in [6, 6.07) is 0. The quantitative estimate of drug-likeness (QED) is 0.499. The van der Waals surface area contributed by atoms with Crippen LogP contribution in [-0.2, 0) is 4.74 Å². The van der Waals surface area contributed by atoms with E-state index in [0.29, 0.717) is 0 Å². The lowest BCUT2D eigenvalue weighted by molar-refractivity contribution is -0.433. The van der Waals surface area contributed by atoms with E-state index in [1.54, 1.807) is 6.08 Å². The predicted molar refractivity (Wildman–Crippen MR) is 48.9 cm³/mol. The molecule has 0 N–H and O–H groups in total. The normalized spacial score (nSPS) is 23.9. The van der Waals surface area contributed by atoms with Gasteiger partial charge in [-0.15, -0.1) is 0 Å². The summed E-state index contributed by atoms with van der Waals surface area (Å²) in [6.45, 7) is 4.37. The molecule has 0 saturated carbocycles. The Bertz CT molecular complexity index is 217. The summed E-state index contributed by atoms with van der Waals surface area (Å²) in [7, 11) is 0. The molecule has 0 amide bonds. The molecule has 1 aliphatic rings. The number of ether oxygens (including phenoxy) is 1. The Balaban J connectivity index is 2.67. The summed E-state index contributed by atoms with van der Waals surface area (Å²) in [5, 5.41) is 10.6. The molecule has 1 rings (SSSR count). The minimum Gasteiger partial charge on any atom is -0.374 e. The molecule has 0 aromatic carbocycles. The van der Waals surface area contributed by atoms with Crippen molar-refractivity contribution in [3.63, 3.8) is 0 Å². The van der Waals surface area contributed by atoms with E-state index in [0.717, 1.165) is 19.4 Å². The van der Waals surface area contributed by atoms with E-state index in [-0.39, 0.29) is 22.6 Å². The predicted octanol–water partition coefficient (Wildman–Crippen LogP) is 1.98. The third-order valence-corrected chi connectivity index (χ3v) is 2.12. The van der Waals surface area contributed by atoms with Gasteiger partial charge in [0, 0.05) is 18.6 Å². The lowest BCUT2D eigenvalue weighted by atomic mass is 10.1. The highest BCUT2D eigenvalue weighted by atomic mass is 16.6. The number of nitrogens with zero attached hydrogens (tertiary/aromatic N) is 1. The smallest absolute Gasteiger partial charge is 0.247 e. The fraction of sp³-hybridized carbons (Fsp3) is 0.778. The van der Waals surface area contributed by atoms with Gasteiger partial charge < -0.3 is 4.74 Å². The van der Waals surface area contributed by atoms with Crippen LogP contribution >= 0.6 is 0 Å². The minimum absolute atomic E-state index is 0.0391. The van der Waals surface area contributed by atoms with Gasteiger partial charge in [-0.2, -0.15) is 0 Å². The molecule has 4 nitrogen and oxygen atoms in total. The van der Waals surface area contributed by atoms with Crippen molar-refractivity contribution in [3.05, 3.63) is 21.9 Å². The molecule has 1 fully saturated rings. The SMILES string of the molecule is CC(C)/C(=C\C1CCCO1)[N+](=O)[O-]. The summed E-state index contributed by atoms with van der Waals surface area (Å²) in [5.41, 5.74) is 0.270. The van der Waals surface area contributed by atoms with Crippen molar-refractivity contribution in [3.8, 4) is 0 Å². The van der Waals surface area contributed by atoms with Gasteiger partial charge in [0.25, 0.3) is 0 Å². The first-order valence-electron chi connectivity index (χ1n) is 4.59. The van der Waals surface area contributed by atoms with Crippen LogP contribution in [0.25, 0.3) is 0 Å². The van der Waals surface area contributed by atoms with Gasteiger partial charge in [0.15, 0.2) is 0 Å². The average molecular weight is 185 g/mol. The van der Waals surface area contributed by atoms with Crippen molar-refractivity contribution in [2.45, 2.75) is 32.8 Å². The molecule has 0 aromatic rings. The zero-order valence-corrected chi connectivity index (χ0v) is 8.03. The Morgan fingerprint density at radius 1 is 1.69 bits per heavy atom. The lowest BCUT2D eigenvalue weighted by Gasteiger charge is -2.05. The molecule has 0 aromatic heterocycles. The van der Waals surface area contributed by atoms with Gasteiger partial charge in [0.1, 0.15) is 0 Å². The molecule has 0 aliphatic carbocycles. The van der Waals surface area contributed by atoms with Gasteiger partial charge in [0.05, 0.1) is 11.0 Å². The van der Waals surface area contributed by atoms with Crippen LogP contribution in [0.4, 0.5) is 0 Å². The third-order valence-electron chi connectivity index (χ3n) is 2.12. The van der Waals surface area contributed by atoms with Gasteiger partial charge in [-0.25, -0.2) is 0 Å². The van der Waals surface area contributed by atoms with Crippen LogP contribution in [0.15, 0.2) is 11.8 Å². The number of nitro groups is 1. The Hall–Kier alpha value is -0.900. The van der Waals surface area contributed by atoms with Crippen molar-refractivity contribution in [1.29, 1.82) is 0 Å². The van der Waals surface area contributed by atoms with Gasteiger partial charge in [0.2, 0.25) is 5.70 Å². The number of hydrogen-bond acceptors (Lipinski definition) is 3. The molecule has 74 valence electrons. The fourth-order valence-corrected chi connectivity index (χ4v) is 1.39. The van der Waals surface area contributed by atoms with Gasteiger partial charge in [-0.1, -0.05) is 13.8 Å². The van der Waals surface area contributed by atoms with Crippen LogP contribution in [0.1, 0.15) is 26.7 Å². The summed E-state index contributed by atoms with van der Waals surface area (Å²) in [5.74, 6) is -0.0424. The van der Waals surface area contributed by atoms with E-state index < -0.39 is 0 Å². The first kappa shape index (κ1) is 10.2. The van der Waals surface area contributed by atoms with Gasteiger partial charge in [-0.3, -0.25) is 10.1 Å². The van der Waals surface area contributed by atoms with Crippen LogP contribution in [-0.4, -0.2) is 17.6 Å². The molecule has 4 heteroatoms. The molecule has 13 heavy (non-hydrogen) atoms. The second-order valence-corrected chi connectivity index (χ2v) is 3.55. The van der Waals surface area contributed by atoms with Crippen LogP contribution in [0.2, 0.25) is 0 Å². The standard InChI is InChI=1S/C9H15NO3/c1-7(2)9(10(11)12)6-8-4-3-5-13-8/h6-8H,3-5H2,1-2H3/b9-6+. The monoisotopic (exact) mass is 185 g/mol. The first-order chi connectivity index (χ1) is 6.11. The van der Waals surface area contributed by atoms with E-state index in [4.69, 9.17) is 4.74 Å². The van der Waals surface area contributed by atoms with Crippen LogP contribution in [0, 0.1) is 16.0 Å². The largest absolute Gasteiger partial charge is 0.374 e. The summed E-state index contributed by atoms with van der Waals surface area (Å²) in [4.78, 5) is 10.3. The highest BCUT2D eigenvalue weighted by Gasteiger charge is 2.21. The van der Waals surface area contributed by atoms with Crippen molar-refractivity contribution < 1.29 is 9.66 Å². The second-order valence-electron chi connectivity index (χ2n) is 3.55. The summed E-state index contributed by atoms with van der Waals surface area (Å²) < 4.78 is 5.30. The molecule has 0 radical (unpaired) electrons. The average Bonchev–Trinajstić information content (AvgIpc) is 2.50. The van der Waals surface area contributed by atoms with Crippen LogP contribution in [0.3, 0.4) is 0 Å². The maximum Gasteiger partial charge on any atom is 0.247 e. The zero-order chi connectivity index (χ0) is 9.84. The maximum absolute atomic E-state index is 10.6. The summed E-state index contributed by atoms with van der Waals surface area (Å²) >= 11 is 0. The molecule has 0 bridgehead atoms. The number of hydrogen-bond donors (Lipinski definition) is 0. The Morgan fingerprint density at radius 2 is 2.38 bits per heavy atom.